The molecule has 0 aromatic carbocycles. The summed E-state index contributed by atoms with van der Waals surface area (Å²) < 4.78 is 4.60. The summed E-state index contributed by atoms with van der Waals surface area (Å²) in [6.07, 6.45) is 7.72. The highest BCUT2D eigenvalue weighted by molar-refractivity contribution is 5.85. The number of esters is 1. The monoisotopic (exact) mass is 271 g/mol. The van der Waals surface area contributed by atoms with Gasteiger partial charge in [0.2, 0.25) is 5.91 Å². The van der Waals surface area contributed by atoms with Crippen LogP contribution in [0.4, 0.5) is 0 Å². The summed E-state index contributed by atoms with van der Waals surface area (Å²) in [4.78, 5) is 23.3. The van der Waals surface area contributed by atoms with Crippen molar-refractivity contribution in [2.24, 2.45) is 5.92 Å². The smallest absolute Gasteiger partial charge is 0.328 e. The molecule has 0 saturated heterocycles. The van der Waals surface area contributed by atoms with E-state index in [2.05, 4.69) is 17.0 Å². The normalized spacial score (nSPS) is 13.7. The van der Waals surface area contributed by atoms with E-state index in [1.807, 2.05) is 6.92 Å². The first kappa shape index (κ1) is 17.9. The van der Waals surface area contributed by atoms with E-state index in [9.17, 15) is 9.59 Å². The highest BCUT2D eigenvalue weighted by Gasteiger charge is 2.21. The van der Waals surface area contributed by atoms with Gasteiger partial charge in [0.15, 0.2) is 0 Å². The van der Waals surface area contributed by atoms with E-state index in [0.29, 0.717) is 0 Å². The quantitative estimate of drug-likeness (QED) is 0.491. The molecule has 0 aliphatic carbocycles. The molecule has 4 heteroatoms. The number of hydrogen-bond acceptors (Lipinski definition) is 3. The van der Waals surface area contributed by atoms with Gasteiger partial charge in [-0.05, 0) is 19.8 Å². The first-order chi connectivity index (χ1) is 9.06. The number of nitrogens with one attached hydrogen (secondary N) is 1. The van der Waals surface area contributed by atoms with Crippen LogP contribution in [0.2, 0.25) is 0 Å². The van der Waals surface area contributed by atoms with Crippen molar-refractivity contribution in [2.75, 3.05) is 7.11 Å². The molecular formula is C15H29NO3. The molecule has 0 saturated carbocycles. The van der Waals surface area contributed by atoms with Crippen LogP contribution in [0.3, 0.4) is 0 Å². The fourth-order valence-electron chi connectivity index (χ4n) is 2.08. The summed E-state index contributed by atoms with van der Waals surface area (Å²) in [7, 11) is 1.33. The zero-order chi connectivity index (χ0) is 14.7. The second kappa shape index (κ2) is 10.8. The lowest BCUT2D eigenvalue weighted by molar-refractivity contribution is -0.145. The van der Waals surface area contributed by atoms with Gasteiger partial charge in [0.1, 0.15) is 6.04 Å². The van der Waals surface area contributed by atoms with Gasteiger partial charge in [0, 0.05) is 5.92 Å². The van der Waals surface area contributed by atoms with Gasteiger partial charge in [-0.1, -0.05) is 46.0 Å². The molecular weight excluding hydrogens is 242 g/mol. The average Bonchev–Trinajstić information content (AvgIpc) is 2.41. The summed E-state index contributed by atoms with van der Waals surface area (Å²) in [5, 5.41) is 2.72. The predicted molar refractivity (Wildman–Crippen MR) is 76.8 cm³/mol. The summed E-state index contributed by atoms with van der Waals surface area (Å²) in [5.74, 6) is -0.421. The number of carbonyl (C=O) groups excluding carboxylic acids is 2. The maximum atomic E-state index is 12.0. The van der Waals surface area contributed by atoms with E-state index in [-0.39, 0.29) is 11.8 Å². The van der Waals surface area contributed by atoms with Crippen LogP contribution >= 0.6 is 0 Å². The van der Waals surface area contributed by atoms with Crippen LogP contribution in [0.15, 0.2) is 0 Å². The number of hydrogen-bond donors (Lipinski definition) is 1. The molecule has 0 heterocycles. The van der Waals surface area contributed by atoms with Crippen molar-refractivity contribution in [2.45, 2.75) is 71.8 Å². The third-order valence-electron chi connectivity index (χ3n) is 3.43. The molecule has 0 aromatic heterocycles. The van der Waals surface area contributed by atoms with E-state index >= 15 is 0 Å². The molecule has 0 spiro atoms. The van der Waals surface area contributed by atoms with Gasteiger partial charge < -0.3 is 10.1 Å². The van der Waals surface area contributed by atoms with Crippen molar-refractivity contribution < 1.29 is 14.3 Å². The Morgan fingerprint density at radius 3 is 2.26 bits per heavy atom. The van der Waals surface area contributed by atoms with Crippen LogP contribution in [-0.4, -0.2) is 25.0 Å². The summed E-state index contributed by atoms with van der Waals surface area (Å²) >= 11 is 0. The van der Waals surface area contributed by atoms with Crippen molar-refractivity contribution in [3.63, 3.8) is 0 Å². The van der Waals surface area contributed by atoms with Gasteiger partial charge in [0.25, 0.3) is 0 Å². The Morgan fingerprint density at radius 1 is 1.11 bits per heavy atom. The molecule has 0 aliphatic heterocycles. The fourth-order valence-corrected chi connectivity index (χ4v) is 2.08. The standard InChI is InChI=1S/C15H29NO3/c1-5-7-8-9-10-11-13(6-2)14(17)16-12(3)15(18)19-4/h12-13H,5-11H2,1-4H3,(H,16,17). The molecule has 0 fully saturated rings. The van der Waals surface area contributed by atoms with Crippen molar-refractivity contribution in [3.8, 4) is 0 Å². The SMILES string of the molecule is CCCCCCCC(CC)C(=O)NC(C)C(=O)OC. The van der Waals surface area contributed by atoms with E-state index in [4.69, 9.17) is 0 Å². The van der Waals surface area contributed by atoms with Crippen molar-refractivity contribution in [3.05, 3.63) is 0 Å². The van der Waals surface area contributed by atoms with Gasteiger partial charge in [-0.2, -0.15) is 0 Å². The Morgan fingerprint density at radius 2 is 1.74 bits per heavy atom. The Kier molecular flexibility index (Phi) is 10.2. The number of carbonyl (C=O) groups is 2. The molecule has 112 valence electrons. The Balaban J connectivity index is 4.00. The summed E-state index contributed by atoms with van der Waals surface area (Å²) in [6, 6.07) is -0.563. The number of rotatable bonds is 10. The second-order valence-corrected chi connectivity index (χ2v) is 5.06. The second-order valence-electron chi connectivity index (χ2n) is 5.06. The number of ether oxygens (including phenoxy) is 1. The van der Waals surface area contributed by atoms with E-state index in [1.54, 1.807) is 6.92 Å². The van der Waals surface area contributed by atoms with Gasteiger partial charge in [-0.15, -0.1) is 0 Å². The lowest BCUT2D eigenvalue weighted by Crippen LogP contribution is -2.42. The summed E-state index contributed by atoms with van der Waals surface area (Å²) in [6.45, 7) is 5.85. The molecule has 0 bridgehead atoms. The zero-order valence-electron chi connectivity index (χ0n) is 12.8. The van der Waals surface area contributed by atoms with E-state index in [0.717, 1.165) is 19.3 Å². The van der Waals surface area contributed by atoms with Gasteiger partial charge in [0.05, 0.1) is 7.11 Å². The van der Waals surface area contributed by atoms with Crippen molar-refractivity contribution >= 4 is 11.9 Å². The molecule has 1 N–H and O–H groups in total. The lowest BCUT2D eigenvalue weighted by atomic mass is 9.97. The Hall–Kier alpha value is -1.06. The Labute approximate surface area is 117 Å². The lowest BCUT2D eigenvalue weighted by Gasteiger charge is -2.17. The van der Waals surface area contributed by atoms with Crippen LogP contribution in [0, 0.1) is 5.92 Å². The van der Waals surface area contributed by atoms with Crippen LogP contribution in [-0.2, 0) is 14.3 Å². The molecule has 0 aromatic rings. The molecule has 19 heavy (non-hydrogen) atoms. The minimum Gasteiger partial charge on any atom is -0.467 e. The van der Waals surface area contributed by atoms with Crippen LogP contribution in [0.25, 0.3) is 0 Å². The molecule has 2 atom stereocenters. The topological polar surface area (TPSA) is 55.4 Å². The van der Waals surface area contributed by atoms with Crippen molar-refractivity contribution in [1.29, 1.82) is 0 Å². The first-order valence-electron chi connectivity index (χ1n) is 7.44. The summed E-state index contributed by atoms with van der Waals surface area (Å²) in [5.41, 5.74) is 0. The minimum atomic E-state index is -0.563. The van der Waals surface area contributed by atoms with Gasteiger partial charge in [-0.25, -0.2) is 4.79 Å². The zero-order valence-corrected chi connectivity index (χ0v) is 12.8. The maximum absolute atomic E-state index is 12.0. The number of amides is 1. The van der Waals surface area contributed by atoms with Crippen LogP contribution < -0.4 is 5.32 Å². The molecule has 4 nitrogen and oxygen atoms in total. The van der Waals surface area contributed by atoms with Crippen molar-refractivity contribution in [1.82, 2.24) is 5.32 Å². The molecule has 1 amide bonds. The van der Waals surface area contributed by atoms with Gasteiger partial charge >= 0.3 is 5.97 Å². The minimum absolute atomic E-state index is 0.00809. The van der Waals surface area contributed by atoms with E-state index < -0.39 is 12.0 Å². The molecule has 0 rings (SSSR count). The third-order valence-corrected chi connectivity index (χ3v) is 3.43. The number of unbranched alkanes of at least 4 members (excludes halogenated alkanes) is 4. The molecule has 2 unspecified atom stereocenters. The Bertz CT molecular complexity index is 266. The predicted octanol–water partition coefficient (Wildman–Crippen LogP) is 3.05. The average molecular weight is 271 g/mol. The molecule has 0 radical (unpaired) electrons. The fraction of sp³-hybridized carbons (Fsp3) is 0.867. The van der Waals surface area contributed by atoms with Gasteiger partial charge in [-0.3, -0.25) is 4.79 Å². The van der Waals surface area contributed by atoms with Crippen LogP contribution in [0.5, 0.6) is 0 Å². The highest BCUT2D eigenvalue weighted by Crippen LogP contribution is 2.15. The largest absolute Gasteiger partial charge is 0.467 e. The maximum Gasteiger partial charge on any atom is 0.328 e. The van der Waals surface area contributed by atoms with Crippen LogP contribution in [0.1, 0.15) is 65.7 Å². The first-order valence-corrected chi connectivity index (χ1v) is 7.44. The number of methoxy groups -OCH3 is 1. The van der Waals surface area contributed by atoms with E-state index in [1.165, 1.54) is 32.8 Å². The third kappa shape index (κ3) is 7.85. The molecule has 0 aliphatic rings. The highest BCUT2D eigenvalue weighted by atomic mass is 16.5.